The van der Waals surface area contributed by atoms with E-state index in [0.717, 1.165) is 18.9 Å². The van der Waals surface area contributed by atoms with Crippen LogP contribution in [0.4, 0.5) is 0 Å². The maximum absolute atomic E-state index is 11.5. The second-order valence-electron chi connectivity index (χ2n) is 4.79. The van der Waals surface area contributed by atoms with Crippen LogP contribution in [0.5, 0.6) is 0 Å². The Labute approximate surface area is 100 Å². The molecular formula is C13H16O4. The summed E-state index contributed by atoms with van der Waals surface area (Å²) in [5.41, 5.74) is -0.433. The predicted octanol–water partition coefficient (Wildman–Crippen LogP) is 1.61. The largest absolute Gasteiger partial charge is 0.456 e. The number of hydrogen-bond acceptors (Lipinski definition) is 4. The van der Waals surface area contributed by atoms with E-state index in [1.54, 1.807) is 0 Å². The van der Waals surface area contributed by atoms with Gasteiger partial charge in [0.05, 0.1) is 0 Å². The van der Waals surface area contributed by atoms with Gasteiger partial charge in [0.15, 0.2) is 6.61 Å². The lowest BCUT2D eigenvalue weighted by molar-refractivity contribution is -0.169. The topological polar surface area (TPSA) is 52.6 Å². The standard InChI is InChI=1S/C13H16O4/c1-3-11(14)16-8-12(15)17-13(2)7-9-4-5-10(13)6-9/h3-5,9-10H,1,6-8H2,2H3. The third-order valence-corrected chi connectivity index (χ3v) is 3.47. The van der Waals surface area contributed by atoms with Crippen LogP contribution in [0.2, 0.25) is 0 Å². The first-order valence-electron chi connectivity index (χ1n) is 5.73. The summed E-state index contributed by atoms with van der Waals surface area (Å²) in [6.07, 6.45) is 7.22. The van der Waals surface area contributed by atoms with Crippen LogP contribution in [0.25, 0.3) is 0 Å². The fourth-order valence-corrected chi connectivity index (χ4v) is 2.65. The van der Waals surface area contributed by atoms with E-state index in [-0.39, 0.29) is 6.61 Å². The van der Waals surface area contributed by atoms with Crippen LogP contribution in [0.1, 0.15) is 19.8 Å². The highest BCUT2D eigenvalue weighted by molar-refractivity contribution is 5.83. The van der Waals surface area contributed by atoms with Crippen LogP contribution in [0, 0.1) is 11.8 Å². The predicted molar refractivity (Wildman–Crippen MR) is 61.0 cm³/mol. The lowest BCUT2D eigenvalue weighted by Crippen LogP contribution is -2.37. The Balaban J connectivity index is 1.85. The lowest BCUT2D eigenvalue weighted by Gasteiger charge is -2.31. The first kappa shape index (κ1) is 11.9. The van der Waals surface area contributed by atoms with E-state index in [2.05, 4.69) is 23.5 Å². The molecule has 0 aliphatic heterocycles. The van der Waals surface area contributed by atoms with Gasteiger partial charge in [-0.05, 0) is 25.7 Å². The first-order chi connectivity index (χ1) is 8.03. The van der Waals surface area contributed by atoms with Crippen molar-refractivity contribution in [3.8, 4) is 0 Å². The molecule has 2 aliphatic carbocycles. The molecule has 0 spiro atoms. The second kappa shape index (κ2) is 4.35. The Morgan fingerprint density at radius 2 is 2.29 bits per heavy atom. The smallest absolute Gasteiger partial charge is 0.344 e. The van der Waals surface area contributed by atoms with Crippen molar-refractivity contribution in [2.75, 3.05) is 6.61 Å². The highest BCUT2D eigenvalue weighted by Crippen LogP contribution is 2.48. The SMILES string of the molecule is C=CC(=O)OCC(=O)OC1(C)CC2C=CC1C2. The van der Waals surface area contributed by atoms with Crippen LogP contribution in [0.3, 0.4) is 0 Å². The van der Waals surface area contributed by atoms with Crippen molar-refractivity contribution >= 4 is 11.9 Å². The lowest BCUT2D eigenvalue weighted by atomic mass is 9.90. The van der Waals surface area contributed by atoms with E-state index < -0.39 is 17.5 Å². The van der Waals surface area contributed by atoms with Crippen LogP contribution in [-0.4, -0.2) is 24.1 Å². The molecule has 4 heteroatoms. The summed E-state index contributed by atoms with van der Waals surface area (Å²) in [5, 5.41) is 0. The van der Waals surface area contributed by atoms with Crippen molar-refractivity contribution in [2.45, 2.75) is 25.4 Å². The zero-order chi connectivity index (χ0) is 12.5. The van der Waals surface area contributed by atoms with Gasteiger partial charge in [-0.15, -0.1) is 0 Å². The van der Waals surface area contributed by atoms with Crippen molar-refractivity contribution in [1.29, 1.82) is 0 Å². The summed E-state index contributed by atoms with van der Waals surface area (Å²) in [6, 6.07) is 0. The van der Waals surface area contributed by atoms with E-state index in [1.165, 1.54) is 0 Å². The molecule has 1 fully saturated rings. The molecule has 1 saturated carbocycles. The number of rotatable bonds is 4. The van der Waals surface area contributed by atoms with Gasteiger partial charge in [0.2, 0.25) is 0 Å². The average Bonchev–Trinajstić information content (AvgIpc) is 2.85. The maximum Gasteiger partial charge on any atom is 0.344 e. The highest BCUT2D eigenvalue weighted by Gasteiger charge is 2.47. The summed E-state index contributed by atoms with van der Waals surface area (Å²) >= 11 is 0. The number of carbonyl (C=O) groups is 2. The third-order valence-electron chi connectivity index (χ3n) is 3.47. The second-order valence-corrected chi connectivity index (χ2v) is 4.79. The van der Waals surface area contributed by atoms with Gasteiger partial charge in [0, 0.05) is 12.0 Å². The number of ether oxygens (including phenoxy) is 2. The minimum Gasteiger partial charge on any atom is -0.456 e. The molecule has 0 amide bonds. The van der Waals surface area contributed by atoms with E-state index in [4.69, 9.17) is 4.74 Å². The summed E-state index contributed by atoms with van der Waals surface area (Å²) < 4.78 is 10.1. The number of fused-ring (bicyclic) bond motifs is 2. The molecule has 0 aromatic carbocycles. The Kier molecular flexibility index (Phi) is 3.05. The van der Waals surface area contributed by atoms with E-state index >= 15 is 0 Å². The normalized spacial score (nSPS) is 33.5. The fraction of sp³-hybridized carbons (Fsp3) is 0.538. The Morgan fingerprint density at radius 1 is 1.53 bits per heavy atom. The van der Waals surface area contributed by atoms with Crippen molar-refractivity contribution in [1.82, 2.24) is 0 Å². The first-order valence-corrected chi connectivity index (χ1v) is 5.73. The molecule has 92 valence electrons. The molecule has 0 aromatic rings. The summed E-state index contributed by atoms with van der Waals surface area (Å²) in [4.78, 5) is 22.3. The number of carbonyl (C=O) groups excluding carboxylic acids is 2. The van der Waals surface area contributed by atoms with Crippen molar-refractivity contribution in [3.63, 3.8) is 0 Å². The van der Waals surface area contributed by atoms with Gasteiger partial charge in [-0.3, -0.25) is 0 Å². The van der Waals surface area contributed by atoms with Gasteiger partial charge in [-0.1, -0.05) is 18.7 Å². The molecular weight excluding hydrogens is 220 g/mol. The number of allylic oxidation sites excluding steroid dienone is 1. The number of esters is 2. The molecule has 0 aromatic heterocycles. The third kappa shape index (κ3) is 2.40. The molecule has 2 rings (SSSR count). The molecule has 2 aliphatic rings. The van der Waals surface area contributed by atoms with Crippen LogP contribution >= 0.6 is 0 Å². The summed E-state index contributed by atoms with van der Waals surface area (Å²) in [6.45, 7) is 4.84. The molecule has 17 heavy (non-hydrogen) atoms. The molecule has 3 unspecified atom stereocenters. The Hall–Kier alpha value is -1.58. The maximum atomic E-state index is 11.5. The van der Waals surface area contributed by atoms with Gasteiger partial charge in [0.25, 0.3) is 0 Å². The zero-order valence-electron chi connectivity index (χ0n) is 9.85. The number of hydrogen-bond donors (Lipinski definition) is 0. The minimum atomic E-state index is -0.611. The van der Waals surface area contributed by atoms with Gasteiger partial charge in [-0.25, -0.2) is 9.59 Å². The summed E-state index contributed by atoms with van der Waals surface area (Å²) in [5.74, 6) is -0.288. The van der Waals surface area contributed by atoms with Crippen molar-refractivity contribution in [3.05, 3.63) is 24.8 Å². The molecule has 3 atom stereocenters. The summed E-state index contributed by atoms with van der Waals surface area (Å²) in [7, 11) is 0. The quantitative estimate of drug-likeness (QED) is 0.423. The molecule has 0 N–H and O–H groups in total. The average molecular weight is 236 g/mol. The van der Waals surface area contributed by atoms with E-state index in [0.29, 0.717) is 11.8 Å². The van der Waals surface area contributed by atoms with Gasteiger partial charge >= 0.3 is 11.9 Å². The van der Waals surface area contributed by atoms with Crippen LogP contribution in [-0.2, 0) is 19.1 Å². The van der Waals surface area contributed by atoms with Crippen LogP contribution in [0.15, 0.2) is 24.8 Å². The minimum absolute atomic E-state index is 0.298. The van der Waals surface area contributed by atoms with Crippen LogP contribution < -0.4 is 0 Å². The molecule has 0 saturated heterocycles. The van der Waals surface area contributed by atoms with Crippen molar-refractivity contribution < 1.29 is 19.1 Å². The highest BCUT2D eigenvalue weighted by atomic mass is 16.6. The van der Waals surface area contributed by atoms with E-state index in [9.17, 15) is 9.59 Å². The molecule has 0 radical (unpaired) electrons. The fourth-order valence-electron chi connectivity index (χ4n) is 2.65. The van der Waals surface area contributed by atoms with Gasteiger partial charge in [0.1, 0.15) is 5.60 Å². The van der Waals surface area contributed by atoms with Crippen molar-refractivity contribution in [2.24, 2.45) is 11.8 Å². The molecule has 4 nitrogen and oxygen atoms in total. The Morgan fingerprint density at radius 3 is 2.82 bits per heavy atom. The monoisotopic (exact) mass is 236 g/mol. The zero-order valence-corrected chi connectivity index (χ0v) is 9.85. The van der Waals surface area contributed by atoms with E-state index in [1.807, 2.05) is 6.92 Å². The van der Waals surface area contributed by atoms with Gasteiger partial charge in [-0.2, -0.15) is 0 Å². The molecule has 0 heterocycles. The van der Waals surface area contributed by atoms with Gasteiger partial charge < -0.3 is 9.47 Å². The Bertz CT molecular complexity index is 385. The molecule has 2 bridgehead atoms.